The summed E-state index contributed by atoms with van der Waals surface area (Å²) in [6.07, 6.45) is 2.01. The summed E-state index contributed by atoms with van der Waals surface area (Å²) in [5, 5.41) is 15.1. The first-order valence-corrected chi connectivity index (χ1v) is 8.26. The summed E-state index contributed by atoms with van der Waals surface area (Å²) in [6, 6.07) is 11.8. The number of aliphatic carboxylic acids is 1. The van der Waals surface area contributed by atoms with E-state index in [4.69, 9.17) is 10.9 Å². The van der Waals surface area contributed by atoms with Gasteiger partial charge in [0.05, 0.1) is 6.21 Å². The molecule has 2 aromatic carbocycles. The number of nitrogens with one attached hydrogen (secondary N) is 1. The van der Waals surface area contributed by atoms with Gasteiger partial charge in [-0.2, -0.15) is 5.10 Å². The van der Waals surface area contributed by atoms with Gasteiger partial charge in [-0.25, -0.2) is 0 Å². The van der Waals surface area contributed by atoms with Crippen molar-refractivity contribution in [3.05, 3.63) is 64.7 Å². The Hall–Kier alpha value is -3.68. The molecule has 1 heterocycles. The molecule has 27 heavy (non-hydrogen) atoms. The van der Waals surface area contributed by atoms with Crippen molar-refractivity contribution in [2.45, 2.75) is 6.42 Å². The van der Waals surface area contributed by atoms with Gasteiger partial charge in [0.2, 0.25) is 0 Å². The van der Waals surface area contributed by atoms with Crippen LogP contribution in [0.5, 0.6) is 0 Å². The number of nitrogens with two attached hydrogens (primary N) is 1. The van der Waals surface area contributed by atoms with E-state index >= 15 is 0 Å². The number of rotatable bonds is 5. The van der Waals surface area contributed by atoms with Crippen LogP contribution in [0.3, 0.4) is 0 Å². The molecule has 8 heteroatoms. The molecule has 1 aliphatic rings. The number of amides is 2. The minimum absolute atomic E-state index is 0.277. The fourth-order valence-corrected chi connectivity index (χ4v) is 2.94. The number of carboxylic acids is 1. The largest absolute Gasteiger partial charge is 0.480 e. The zero-order chi connectivity index (χ0) is 19.4. The maximum Gasteiger partial charge on any atom is 0.323 e. The lowest BCUT2D eigenvalue weighted by Crippen LogP contribution is -2.40. The van der Waals surface area contributed by atoms with E-state index in [9.17, 15) is 14.4 Å². The summed E-state index contributed by atoms with van der Waals surface area (Å²) in [7, 11) is 0. The number of hydrogen-bond donors (Lipinski definition) is 3. The maximum atomic E-state index is 12.4. The van der Waals surface area contributed by atoms with Crippen LogP contribution in [0.4, 0.5) is 5.69 Å². The van der Waals surface area contributed by atoms with Gasteiger partial charge in [-0.05, 0) is 47.9 Å². The van der Waals surface area contributed by atoms with E-state index in [2.05, 4.69) is 10.4 Å². The lowest BCUT2D eigenvalue weighted by molar-refractivity contribution is -0.137. The Morgan fingerprint density at radius 3 is 2.63 bits per heavy atom. The lowest BCUT2D eigenvalue weighted by Gasteiger charge is -2.27. The fraction of sp³-hybridized carbons (Fsp3) is 0.158. The molecule has 1 aliphatic heterocycles. The Morgan fingerprint density at radius 2 is 1.96 bits per heavy atom. The Labute approximate surface area is 155 Å². The molecule has 0 spiro atoms. The molecular weight excluding hydrogens is 348 g/mol. The van der Waals surface area contributed by atoms with Gasteiger partial charge in [0.15, 0.2) is 0 Å². The Balaban J connectivity index is 1.73. The van der Waals surface area contributed by atoms with Crippen LogP contribution in [0, 0.1) is 0 Å². The molecule has 0 saturated carbocycles. The van der Waals surface area contributed by atoms with Crippen molar-refractivity contribution in [2.24, 2.45) is 10.9 Å². The molecular formula is C19H18N4O4. The number of fused-ring (bicyclic) bond motifs is 1. The van der Waals surface area contributed by atoms with Crippen LogP contribution in [0.15, 0.2) is 47.6 Å². The zero-order valence-electron chi connectivity index (χ0n) is 14.4. The highest BCUT2D eigenvalue weighted by Gasteiger charge is 2.26. The van der Waals surface area contributed by atoms with Gasteiger partial charge in [-0.15, -0.1) is 0 Å². The van der Waals surface area contributed by atoms with Gasteiger partial charge >= 0.3 is 5.97 Å². The van der Waals surface area contributed by atoms with E-state index in [1.54, 1.807) is 42.5 Å². The van der Waals surface area contributed by atoms with Crippen molar-refractivity contribution >= 4 is 29.7 Å². The van der Waals surface area contributed by atoms with Crippen LogP contribution in [-0.2, 0) is 11.2 Å². The lowest BCUT2D eigenvalue weighted by atomic mass is 9.98. The second-order valence-electron chi connectivity index (χ2n) is 6.10. The topological polar surface area (TPSA) is 125 Å². The molecule has 0 aromatic heterocycles. The van der Waals surface area contributed by atoms with Gasteiger partial charge in [0.25, 0.3) is 11.8 Å². The smallest absolute Gasteiger partial charge is 0.323 e. The van der Waals surface area contributed by atoms with Gasteiger partial charge in [-0.3, -0.25) is 14.4 Å². The van der Waals surface area contributed by atoms with Gasteiger partial charge in [0, 0.05) is 23.4 Å². The molecule has 2 aromatic rings. The normalized spacial score (nSPS) is 13.5. The van der Waals surface area contributed by atoms with Crippen molar-refractivity contribution in [3.63, 3.8) is 0 Å². The molecule has 3 rings (SSSR count). The summed E-state index contributed by atoms with van der Waals surface area (Å²) in [5.74, 6) is 3.46. The molecule has 0 fully saturated rings. The number of benzene rings is 2. The molecule has 8 nitrogen and oxygen atoms in total. The third-order valence-electron chi connectivity index (χ3n) is 4.25. The monoisotopic (exact) mass is 366 g/mol. The molecule has 0 saturated heterocycles. The average molecular weight is 366 g/mol. The van der Waals surface area contributed by atoms with Crippen LogP contribution in [0.25, 0.3) is 0 Å². The number of carbonyl (C=O) groups is 3. The Morgan fingerprint density at radius 1 is 1.22 bits per heavy atom. The minimum Gasteiger partial charge on any atom is -0.480 e. The number of nitrogens with zero attached hydrogens (tertiary/aromatic N) is 2. The highest BCUT2D eigenvalue weighted by Crippen LogP contribution is 2.23. The SMILES string of the molecule is NN=Cc1ccc(C(=O)Nc2ccc3c(c2)CCN(CC(=O)O)C3=O)cc1. The highest BCUT2D eigenvalue weighted by atomic mass is 16.4. The van der Waals surface area contributed by atoms with Crippen molar-refractivity contribution < 1.29 is 19.5 Å². The highest BCUT2D eigenvalue weighted by molar-refractivity contribution is 6.05. The van der Waals surface area contributed by atoms with E-state index in [0.717, 1.165) is 11.1 Å². The minimum atomic E-state index is -1.04. The third kappa shape index (κ3) is 4.12. The first kappa shape index (κ1) is 18.1. The van der Waals surface area contributed by atoms with E-state index in [0.29, 0.717) is 29.8 Å². The predicted molar refractivity (Wildman–Crippen MR) is 99.9 cm³/mol. The summed E-state index contributed by atoms with van der Waals surface area (Å²) in [5.41, 5.74) is 3.09. The average Bonchev–Trinajstić information content (AvgIpc) is 2.64. The van der Waals surface area contributed by atoms with Crippen molar-refractivity contribution in [2.75, 3.05) is 18.4 Å². The number of hydrogen-bond acceptors (Lipinski definition) is 5. The van der Waals surface area contributed by atoms with E-state index < -0.39 is 5.97 Å². The molecule has 0 atom stereocenters. The molecule has 0 unspecified atom stereocenters. The number of anilines is 1. The third-order valence-corrected chi connectivity index (χ3v) is 4.25. The molecule has 2 amide bonds. The van der Waals surface area contributed by atoms with Crippen LogP contribution in [-0.4, -0.2) is 47.1 Å². The van der Waals surface area contributed by atoms with Crippen molar-refractivity contribution in [3.8, 4) is 0 Å². The number of carboxylic acid groups (broad SMARTS) is 1. The fourth-order valence-electron chi connectivity index (χ4n) is 2.94. The Kier molecular flexibility index (Phi) is 5.16. The molecule has 4 N–H and O–H groups in total. The molecule has 0 bridgehead atoms. The zero-order valence-corrected chi connectivity index (χ0v) is 14.4. The van der Waals surface area contributed by atoms with Gasteiger partial charge < -0.3 is 21.2 Å². The Bertz CT molecular complexity index is 922. The second kappa shape index (κ2) is 7.69. The number of carbonyl (C=O) groups excluding carboxylic acids is 2. The molecule has 0 aliphatic carbocycles. The van der Waals surface area contributed by atoms with Gasteiger partial charge in [0.1, 0.15) is 6.54 Å². The van der Waals surface area contributed by atoms with E-state index in [-0.39, 0.29) is 18.4 Å². The first-order valence-electron chi connectivity index (χ1n) is 8.26. The predicted octanol–water partition coefficient (Wildman–Crippen LogP) is 1.31. The van der Waals surface area contributed by atoms with Gasteiger partial charge in [-0.1, -0.05) is 12.1 Å². The molecule has 0 radical (unpaired) electrons. The summed E-state index contributed by atoms with van der Waals surface area (Å²) < 4.78 is 0. The first-order chi connectivity index (χ1) is 13.0. The van der Waals surface area contributed by atoms with Crippen LogP contribution in [0.2, 0.25) is 0 Å². The van der Waals surface area contributed by atoms with Crippen molar-refractivity contribution in [1.82, 2.24) is 4.90 Å². The quantitative estimate of drug-likeness (QED) is 0.418. The van der Waals surface area contributed by atoms with Crippen molar-refractivity contribution in [1.29, 1.82) is 0 Å². The van der Waals surface area contributed by atoms with Crippen LogP contribution in [0.1, 0.15) is 31.8 Å². The second-order valence-corrected chi connectivity index (χ2v) is 6.10. The van der Waals surface area contributed by atoms with Crippen LogP contribution < -0.4 is 11.2 Å². The number of hydrazone groups is 1. The van der Waals surface area contributed by atoms with E-state index in [1.807, 2.05) is 0 Å². The summed E-state index contributed by atoms with van der Waals surface area (Å²) >= 11 is 0. The summed E-state index contributed by atoms with van der Waals surface area (Å²) in [4.78, 5) is 36.9. The maximum absolute atomic E-state index is 12.4. The van der Waals surface area contributed by atoms with E-state index in [1.165, 1.54) is 11.1 Å². The van der Waals surface area contributed by atoms with Crippen LogP contribution >= 0.6 is 0 Å². The summed E-state index contributed by atoms with van der Waals surface area (Å²) in [6.45, 7) is 0.0152. The standard InChI is InChI=1S/C19H18N4O4/c20-21-10-12-1-3-13(4-2-12)18(26)22-15-5-6-16-14(9-15)7-8-23(19(16)27)11-17(24)25/h1-6,9-10H,7-8,11,20H2,(H,22,26)(H,24,25). The molecule has 138 valence electrons.